The van der Waals surface area contributed by atoms with Crippen LogP contribution in [0.25, 0.3) is 0 Å². The highest BCUT2D eigenvalue weighted by atomic mass is 16.7. The molecule has 0 aliphatic carbocycles. The minimum atomic E-state index is -1.61. The summed E-state index contributed by atoms with van der Waals surface area (Å²) < 4.78 is 11.1. The van der Waals surface area contributed by atoms with Gasteiger partial charge in [-0.3, -0.25) is 4.79 Å². The molecule has 1 rings (SSSR count). The van der Waals surface area contributed by atoms with E-state index in [1.54, 1.807) is 6.08 Å². The Morgan fingerprint density at radius 1 is 0.596 bits per heavy atom. The minimum Gasteiger partial charge on any atom is -0.394 e. The summed E-state index contributed by atoms with van der Waals surface area (Å²) in [6.45, 7) is 3.61. The van der Waals surface area contributed by atoms with Crippen molar-refractivity contribution in [3.8, 4) is 0 Å². The van der Waals surface area contributed by atoms with E-state index in [2.05, 4.69) is 19.2 Å². The molecule has 0 saturated carbocycles. The monoisotopic (exact) mass is 814 g/mol. The molecule has 57 heavy (non-hydrogen) atoms. The van der Waals surface area contributed by atoms with E-state index >= 15 is 0 Å². The molecule has 7 N–H and O–H groups in total. The molecule has 1 fully saturated rings. The number of nitrogens with one attached hydrogen (secondary N) is 1. The highest BCUT2D eigenvalue weighted by molar-refractivity contribution is 5.80. The highest BCUT2D eigenvalue weighted by Gasteiger charge is 2.44. The van der Waals surface area contributed by atoms with Crippen LogP contribution in [-0.4, -0.2) is 98.7 Å². The van der Waals surface area contributed by atoms with E-state index < -0.39 is 61.5 Å². The Labute approximate surface area is 349 Å². The first kappa shape index (κ1) is 53.9. The molecule has 1 heterocycles. The van der Waals surface area contributed by atoms with Crippen molar-refractivity contribution in [2.75, 3.05) is 13.2 Å². The van der Waals surface area contributed by atoms with Gasteiger partial charge in [-0.15, -0.1) is 0 Å². The first-order chi connectivity index (χ1) is 27.8. The first-order valence-electron chi connectivity index (χ1n) is 24.0. The maximum Gasteiger partial charge on any atom is 0.249 e. The van der Waals surface area contributed by atoms with E-state index in [1.807, 2.05) is 6.08 Å². The summed E-state index contributed by atoms with van der Waals surface area (Å²) >= 11 is 0. The number of carbonyl (C=O) groups is 1. The SMILES string of the molecule is CCCCCCCCCCCCC/C=C/[C@@H](O)[C@H](COC1O[C@H](CO)[C@H](O)[C@H](O)[C@H]1O)NC(=O)C(O)CCCCCCCCCCCCCCCCCCCCC. The number of carbonyl (C=O) groups excluding carboxylic acids is 1. The Kier molecular flexibility index (Phi) is 35.8. The molecule has 1 aliphatic heterocycles. The van der Waals surface area contributed by atoms with E-state index in [0.717, 1.165) is 44.9 Å². The summed E-state index contributed by atoms with van der Waals surface area (Å²) in [4.78, 5) is 13.0. The van der Waals surface area contributed by atoms with E-state index in [9.17, 15) is 35.4 Å². The summed E-state index contributed by atoms with van der Waals surface area (Å²) in [7, 11) is 0. The largest absolute Gasteiger partial charge is 0.394 e. The maximum atomic E-state index is 13.0. The lowest BCUT2D eigenvalue weighted by molar-refractivity contribution is -0.302. The van der Waals surface area contributed by atoms with Crippen LogP contribution in [0.1, 0.15) is 219 Å². The van der Waals surface area contributed by atoms with E-state index in [0.29, 0.717) is 6.42 Å². The molecule has 0 aromatic carbocycles. The van der Waals surface area contributed by atoms with Gasteiger partial charge in [0.05, 0.1) is 25.4 Å². The molecule has 0 radical (unpaired) electrons. The zero-order chi connectivity index (χ0) is 41.8. The van der Waals surface area contributed by atoms with Gasteiger partial charge in [0.25, 0.3) is 0 Å². The molecule has 0 aromatic heterocycles. The van der Waals surface area contributed by atoms with E-state index in [-0.39, 0.29) is 6.61 Å². The van der Waals surface area contributed by atoms with Crippen molar-refractivity contribution in [1.82, 2.24) is 5.32 Å². The van der Waals surface area contributed by atoms with Gasteiger partial charge >= 0.3 is 0 Å². The van der Waals surface area contributed by atoms with Crippen molar-refractivity contribution in [3.05, 3.63) is 12.2 Å². The maximum absolute atomic E-state index is 13.0. The zero-order valence-corrected chi connectivity index (χ0v) is 36.7. The Bertz CT molecular complexity index is 921. The number of aliphatic hydroxyl groups excluding tert-OH is 6. The van der Waals surface area contributed by atoms with Crippen molar-refractivity contribution in [1.29, 1.82) is 0 Å². The summed E-state index contributed by atoms with van der Waals surface area (Å²) in [6, 6.07) is -0.974. The van der Waals surface area contributed by atoms with Gasteiger partial charge in [-0.1, -0.05) is 212 Å². The second-order valence-electron chi connectivity index (χ2n) is 17.1. The lowest BCUT2D eigenvalue weighted by atomic mass is 9.99. The van der Waals surface area contributed by atoms with Crippen molar-refractivity contribution in [3.63, 3.8) is 0 Å². The van der Waals surface area contributed by atoms with Gasteiger partial charge in [-0.25, -0.2) is 0 Å². The molecule has 8 atom stereocenters. The minimum absolute atomic E-state index is 0.301. The van der Waals surface area contributed by atoms with Gasteiger partial charge in [0.2, 0.25) is 5.91 Å². The van der Waals surface area contributed by atoms with Gasteiger partial charge in [0, 0.05) is 0 Å². The summed E-state index contributed by atoms with van der Waals surface area (Å²) in [6.07, 6.45) is 33.0. The topological polar surface area (TPSA) is 169 Å². The molecule has 1 aliphatic rings. The van der Waals surface area contributed by atoms with Crippen molar-refractivity contribution in [2.45, 2.75) is 268 Å². The second kappa shape index (κ2) is 37.9. The normalized spacial score (nSPS) is 21.6. The molecular weight excluding hydrogens is 723 g/mol. The third-order valence-electron chi connectivity index (χ3n) is 11.7. The van der Waals surface area contributed by atoms with Crippen molar-refractivity contribution >= 4 is 5.91 Å². The Morgan fingerprint density at radius 2 is 1.00 bits per heavy atom. The number of hydrogen-bond donors (Lipinski definition) is 7. The molecule has 10 nitrogen and oxygen atoms in total. The summed E-state index contributed by atoms with van der Waals surface area (Å²) in [5.74, 6) is -0.613. The molecular formula is C47H91NO9. The standard InChI is InChI=1S/C47H91NO9/c1-3-5-7-9-11-13-15-17-18-19-20-21-22-24-26-28-30-32-34-36-41(51)46(55)48-39(38-56-47-45(54)44(53)43(52)42(37-49)57-47)40(50)35-33-31-29-27-25-23-16-14-12-10-8-6-4-2/h33,35,39-45,47,49-54H,3-32,34,36-38H2,1-2H3,(H,48,55)/b35-33+/t39-,40+,41?,42+,43-,44-,45+,47?/m0/s1. The van der Waals surface area contributed by atoms with Crippen molar-refractivity contribution < 1.29 is 44.9 Å². The van der Waals surface area contributed by atoms with Gasteiger partial charge in [-0.05, 0) is 19.3 Å². The molecule has 0 spiro atoms. The van der Waals surface area contributed by atoms with Gasteiger partial charge < -0.3 is 45.4 Å². The lowest BCUT2D eigenvalue weighted by Gasteiger charge is -2.40. The molecule has 0 bridgehead atoms. The molecule has 2 unspecified atom stereocenters. The Hall–Kier alpha value is -1.11. The first-order valence-corrected chi connectivity index (χ1v) is 24.0. The average Bonchev–Trinajstić information content (AvgIpc) is 3.21. The van der Waals surface area contributed by atoms with Crippen LogP contribution in [0.5, 0.6) is 0 Å². The molecule has 1 amide bonds. The fraction of sp³-hybridized carbons (Fsp3) is 0.936. The smallest absolute Gasteiger partial charge is 0.249 e. The number of rotatable bonds is 40. The number of ether oxygens (including phenoxy) is 2. The zero-order valence-electron chi connectivity index (χ0n) is 36.7. The molecule has 10 heteroatoms. The van der Waals surface area contributed by atoms with Crippen LogP contribution in [0.15, 0.2) is 12.2 Å². The van der Waals surface area contributed by atoms with Crippen LogP contribution in [0.3, 0.4) is 0 Å². The number of amides is 1. The fourth-order valence-corrected chi connectivity index (χ4v) is 7.75. The quantitative estimate of drug-likeness (QED) is 0.0236. The average molecular weight is 814 g/mol. The predicted octanol–water partition coefficient (Wildman–Crippen LogP) is 9.09. The van der Waals surface area contributed by atoms with Gasteiger partial charge in [-0.2, -0.15) is 0 Å². The van der Waals surface area contributed by atoms with Crippen LogP contribution in [0, 0.1) is 0 Å². The molecule has 0 aromatic rings. The third-order valence-corrected chi connectivity index (χ3v) is 11.7. The third kappa shape index (κ3) is 28.1. The summed E-state index contributed by atoms with van der Waals surface area (Å²) in [5.41, 5.74) is 0. The van der Waals surface area contributed by atoms with E-state index in [4.69, 9.17) is 9.47 Å². The molecule has 1 saturated heterocycles. The van der Waals surface area contributed by atoms with Crippen LogP contribution < -0.4 is 5.32 Å². The van der Waals surface area contributed by atoms with Crippen LogP contribution in [0.2, 0.25) is 0 Å². The predicted molar refractivity (Wildman–Crippen MR) is 232 cm³/mol. The lowest BCUT2D eigenvalue weighted by Crippen LogP contribution is -2.60. The highest BCUT2D eigenvalue weighted by Crippen LogP contribution is 2.23. The fourth-order valence-electron chi connectivity index (χ4n) is 7.75. The Morgan fingerprint density at radius 3 is 1.42 bits per heavy atom. The number of allylic oxidation sites excluding steroid dienone is 1. The van der Waals surface area contributed by atoms with Crippen LogP contribution in [0.4, 0.5) is 0 Å². The number of unbranched alkanes of at least 4 members (excludes halogenated alkanes) is 29. The molecule has 338 valence electrons. The van der Waals surface area contributed by atoms with E-state index in [1.165, 1.54) is 154 Å². The van der Waals surface area contributed by atoms with Crippen molar-refractivity contribution in [2.24, 2.45) is 0 Å². The second-order valence-corrected chi connectivity index (χ2v) is 17.1. The number of hydrogen-bond acceptors (Lipinski definition) is 9. The van der Waals surface area contributed by atoms with Crippen LogP contribution >= 0.6 is 0 Å². The number of aliphatic hydroxyl groups is 6. The van der Waals surface area contributed by atoms with Crippen LogP contribution in [-0.2, 0) is 14.3 Å². The van der Waals surface area contributed by atoms with Gasteiger partial charge in [0.1, 0.15) is 30.5 Å². The Balaban J connectivity index is 2.36. The van der Waals surface area contributed by atoms with Gasteiger partial charge in [0.15, 0.2) is 6.29 Å². The summed E-state index contributed by atoms with van der Waals surface area (Å²) in [5, 5.41) is 64.7.